The molecule has 4 rings (SSSR count). The van der Waals surface area contributed by atoms with Gasteiger partial charge in [-0.3, -0.25) is 19.3 Å². The Morgan fingerprint density at radius 3 is 2.61 bits per heavy atom. The number of hydrogen-bond donors (Lipinski definition) is 0. The van der Waals surface area contributed by atoms with Crippen molar-refractivity contribution in [2.75, 3.05) is 14.1 Å². The monoisotopic (exact) mass is 427 g/mol. The molecule has 3 aromatic rings. The first kappa shape index (κ1) is 20.8. The maximum absolute atomic E-state index is 12.7. The van der Waals surface area contributed by atoms with Gasteiger partial charge in [0, 0.05) is 31.4 Å². The molecule has 0 fully saturated rings. The molecule has 7 heteroatoms. The average Bonchev–Trinajstić information content (AvgIpc) is 3.08. The SMILES string of the molecule is CN(C)C(=O)c1ncn2c1CN=C(c1ccccn1)c1cc(C#C[Si](C)(C)C)ccc1-2. The Morgan fingerprint density at radius 1 is 1.13 bits per heavy atom. The van der Waals surface area contributed by atoms with Gasteiger partial charge in [0.05, 0.1) is 29.3 Å². The average molecular weight is 428 g/mol. The zero-order valence-corrected chi connectivity index (χ0v) is 19.5. The second-order valence-electron chi connectivity index (χ2n) is 8.72. The van der Waals surface area contributed by atoms with Crippen molar-refractivity contribution in [3.63, 3.8) is 0 Å². The maximum Gasteiger partial charge on any atom is 0.273 e. The minimum atomic E-state index is -1.51. The molecule has 0 unspecified atom stereocenters. The first-order valence-electron chi connectivity index (χ1n) is 10.2. The minimum absolute atomic E-state index is 0.135. The zero-order valence-electron chi connectivity index (χ0n) is 18.5. The van der Waals surface area contributed by atoms with Gasteiger partial charge in [-0.1, -0.05) is 31.6 Å². The van der Waals surface area contributed by atoms with Gasteiger partial charge >= 0.3 is 0 Å². The Balaban J connectivity index is 1.93. The number of benzene rings is 1. The molecule has 156 valence electrons. The summed E-state index contributed by atoms with van der Waals surface area (Å²) in [4.78, 5) is 28.0. The molecule has 0 aliphatic carbocycles. The Bertz CT molecular complexity index is 1240. The number of aliphatic imine (C=N–C) groups is 1. The first-order valence-corrected chi connectivity index (χ1v) is 13.7. The highest BCUT2D eigenvalue weighted by molar-refractivity contribution is 6.83. The van der Waals surface area contributed by atoms with E-state index in [-0.39, 0.29) is 5.91 Å². The van der Waals surface area contributed by atoms with Crippen LogP contribution in [0.4, 0.5) is 0 Å². The summed E-state index contributed by atoms with van der Waals surface area (Å²) in [5, 5.41) is 0. The van der Waals surface area contributed by atoms with Crippen LogP contribution in [0, 0.1) is 11.5 Å². The predicted octanol–water partition coefficient (Wildman–Crippen LogP) is 3.55. The molecule has 6 nitrogen and oxygen atoms in total. The maximum atomic E-state index is 12.7. The van der Waals surface area contributed by atoms with Crippen LogP contribution in [0.5, 0.6) is 0 Å². The number of aromatic nitrogens is 3. The number of carbonyl (C=O) groups excluding carboxylic acids is 1. The van der Waals surface area contributed by atoms with Crippen molar-refractivity contribution in [1.29, 1.82) is 0 Å². The number of fused-ring (bicyclic) bond motifs is 3. The van der Waals surface area contributed by atoms with Gasteiger partial charge < -0.3 is 4.90 Å². The third-order valence-corrected chi connectivity index (χ3v) is 5.74. The summed E-state index contributed by atoms with van der Waals surface area (Å²) < 4.78 is 1.96. The molecule has 1 aliphatic rings. The second-order valence-corrected chi connectivity index (χ2v) is 13.5. The van der Waals surface area contributed by atoms with E-state index in [9.17, 15) is 4.79 Å². The van der Waals surface area contributed by atoms with Crippen molar-refractivity contribution in [3.8, 4) is 17.2 Å². The van der Waals surface area contributed by atoms with Gasteiger partial charge in [0.2, 0.25) is 0 Å². The topological polar surface area (TPSA) is 63.4 Å². The molecular formula is C24H25N5OSi. The van der Waals surface area contributed by atoms with Crippen LogP contribution in [-0.2, 0) is 6.54 Å². The van der Waals surface area contributed by atoms with Crippen molar-refractivity contribution in [1.82, 2.24) is 19.4 Å². The van der Waals surface area contributed by atoms with E-state index in [0.717, 1.165) is 33.9 Å². The van der Waals surface area contributed by atoms with Crippen LogP contribution in [0.1, 0.15) is 33.0 Å². The zero-order chi connectivity index (χ0) is 22.2. The third kappa shape index (κ3) is 4.20. The van der Waals surface area contributed by atoms with Crippen molar-refractivity contribution in [2.45, 2.75) is 26.2 Å². The van der Waals surface area contributed by atoms with Crippen LogP contribution < -0.4 is 0 Å². The Morgan fingerprint density at radius 2 is 1.94 bits per heavy atom. The van der Waals surface area contributed by atoms with Crippen LogP contribution in [0.2, 0.25) is 19.6 Å². The van der Waals surface area contributed by atoms with Crippen molar-refractivity contribution < 1.29 is 4.79 Å². The van der Waals surface area contributed by atoms with Gasteiger partial charge in [-0.05, 0) is 30.3 Å². The molecule has 31 heavy (non-hydrogen) atoms. The molecule has 1 aromatic carbocycles. The van der Waals surface area contributed by atoms with E-state index in [4.69, 9.17) is 4.99 Å². The van der Waals surface area contributed by atoms with E-state index in [1.165, 1.54) is 4.90 Å². The molecule has 0 N–H and O–H groups in total. The number of imidazole rings is 1. The van der Waals surface area contributed by atoms with Crippen molar-refractivity contribution in [3.05, 3.63) is 77.1 Å². The second kappa shape index (κ2) is 7.97. The Kier molecular flexibility index (Phi) is 5.33. The number of nitrogens with zero attached hydrogens (tertiary/aromatic N) is 5. The summed E-state index contributed by atoms with van der Waals surface area (Å²) in [6.07, 6.45) is 3.47. The molecular weight excluding hydrogens is 402 g/mol. The third-order valence-electron chi connectivity index (χ3n) is 4.86. The number of hydrogen-bond acceptors (Lipinski definition) is 4. The van der Waals surface area contributed by atoms with Gasteiger partial charge in [-0.2, -0.15) is 0 Å². The van der Waals surface area contributed by atoms with E-state index in [2.05, 4.69) is 47.1 Å². The molecule has 2 aromatic heterocycles. The lowest BCUT2D eigenvalue weighted by atomic mass is 10.0. The van der Waals surface area contributed by atoms with Crippen molar-refractivity contribution in [2.24, 2.45) is 4.99 Å². The van der Waals surface area contributed by atoms with Gasteiger partial charge in [-0.15, -0.1) is 5.54 Å². The molecule has 0 saturated heterocycles. The molecule has 0 spiro atoms. The highest BCUT2D eigenvalue weighted by atomic mass is 28.3. The molecule has 1 aliphatic heterocycles. The number of pyridine rings is 1. The summed E-state index contributed by atoms with van der Waals surface area (Å²) >= 11 is 0. The minimum Gasteiger partial charge on any atom is -0.343 e. The summed E-state index contributed by atoms with van der Waals surface area (Å²) in [7, 11) is 1.95. The van der Waals surface area contributed by atoms with Gasteiger partial charge in [0.25, 0.3) is 5.91 Å². The lowest BCUT2D eigenvalue weighted by Gasteiger charge is -2.12. The number of rotatable bonds is 2. The first-order chi connectivity index (χ1) is 14.7. The summed E-state index contributed by atoms with van der Waals surface area (Å²) in [5.74, 6) is 3.21. The summed E-state index contributed by atoms with van der Waals surface area (Å²) in [6.45, 7) is 7.02. The smallest absolute Gasteiger partial charge is 0.273 e. The summed E-state index contributed by atoms with van der Waals surface area (Å²) in [5.41, 5.74) is 8.99. The molecule has 0 atom stereocenters. The Labute approximate surface area is 183 Å². The Hall–Kier alpha value is -3.50. The fourth-order valence-electron chi connectivity index (χ4n) is 3.36. The van der Waals surface area contributed by atoms with Gasteiger partial charge in [0.1, 0.15) is 14.4 Å². The molecule has 0 saturated carbocycles. The number of carbonyl (C=O) groups is 1. The standard InChI is InChI=1S/C24H25N5OSi/c1-28(2)24(30)23-21-15-26-22(19-8-6-7-12-25-19)18-14-17(11-13-31(3,4)5)9-10-20(18)29(21)16-27-23/h6-10,12,14,16H,15H2,1-5H3. The summed E-state index contributed by atoms with van der Waals surface area (Å²) in [6, 6.07) is 11.9. The van der Waals surface area contributed by atoms with Crippen LogP contribution in [0.25, 0.3) is 5.69 Å². The van der Waals surface area contributed by atoms with Crippen LogP contribution in [0.3, 0.4) is 0 Å². The fraction of sp³-hybridized carbons (Fsp3) is 0.250. The van der Waals surface area contributed by atoms with Gasteiger partial charge in [-0.25, -0.2) is 4.98 Å². The quantitative estimate of drug-likeness (QED) is 0.464. The molecule has 3 heterocycles. The predicted molar refractivity (Wildman–Crippen MR) is 125 cm³/mol. The fourth-order valence-corrected chi connectivity index (χ4v) is 3.88. The van der Waals surface area contributed by atoms with Crippen LogP contribution in [0.15, 0.2) is 53.9 Å². The van der Waals surface area contributed by atoms with Gasteiger partial charge in [0.15, 0.2) is 5.69 Å². The largest absolute Gasteiger partial charge is 0.343 e. The normalized spacial score (nSPS) is 12.6. The highest BCUT2D eigenvalue weighted by Gasteiger charge is 2.25. The van der Waals surface area contributed by atoms with Crippen LogP contribution >= 0.6 is 0 Å². The van der Waals surface area contributed by atoms with E-state index in [1.54, 1.807) is 26.6 Å². The lowest BCUT2D eigenvalue weighted by Crippen LogP contribution is -2.23. The van der Waals surface area contributed by atoms with Crippen molar-refractivity contribution >= 4 is 19.7 Å². The van der Waals surface area contributed by atoms with E-state index < -0.39 is 8.07 Å². The van der Waals surface area contributed by atoms with Crippen LogP contribution in [-0.4, -0.2) is 53.2 Å². The lowest BCUT2D eigenvalue weighted by molar-refractivity contribution is 0.0821. The molecule has 1 amide bonds. The molecule has 0 bridgehead atoms. The number of amides is 1. The van der Waals surface area contributed by atoms with E-state index in [0.29, 0.717) is 12.2 Å². The molecule has 0 radical (unpaired) electrons. The van der Waals surface area contributed by atoms with E-state index >= 15 is 0 Å². The van der Waals surface area contributed by atoms with E-state index in [1.807, 2.05) is 34.9 Å². The highest BCUT2D eigenvalue weighted by Crippen LogP contribution is 2.27.